The summed E-state index contributed by atoms with van der Waals surface area (Å²) in [6, 6.07) is 16.2. The SMILES string of the molecule is COc1ccc(-c2cnnn2-c2cc(OC)c(OC)c(OC)c2)cc1NC(=O)C(N)Cc1ccc(C)cc1. The highest BCUT2D eigenvalue weighted by Gasteiger charge is 2.20. The number of hydrogen-bond acceptors (Lipinski definition) is 8. The molecule has 0 bridgehead atoms. The lowest BCUT2D eigenvalue weighted by molar-refractivity contribution is -0.117. The third-order valence-electron chi connectivity index (χ3n) is 6.11. The number of methoxy groups -OCH3 is 4. The average Bonchev–Trinajstić information content (AvgIpc) is 3.43. The molecule has 10 nitrogen and oxygen atoms in total. The molecule has 4 rings (SSSR count). The van der Waals surface area contributed by atoms with E-state index < -0.39 is 6.04 Å². The van der Waals surface area contributed by atoms with Crippen LogP contribution in [0.5, 0.6) is 23.0 Å². The molecule has 0 radical (unpaired) electrons. The zero-order valence-corrected chi connectivity index (χ0v) is 22.0. The molecule has 4 aromatic rings. The standard InChI is InChI=1S/C28H31N5O5/c1-17-6-8-18(9-7-17)12-21(29)28(34)31-22-13-19(10-11-24(22)35-2)23-16-30-32-33(23)20-14-25(36-3)27(38-5)26(15-20)37-4/h6-11,13-16,21H,12,29H2,1-5H3,(H,31,34). The van der Waals surface area contributed by atoms with Crippen LogP contribution in [0.3, 0.4) is 0 Å². The first-order chi connectivity index (χ1) is 18.4. The van der Waals surface area contributed by atoms with Gasteiger partial charge in [-0.3, -0.25) is 4.79 Å². The number of rotatable bonds is 10. The van der Waals surface area contributed by atoms with Crippen LogP contribution < -0.4 is 30.0 Å². The van der Waals surface area contributed by atoms with Crippen molar-refractivity contribution in [1.29, 1.82) is 0 Å². The monoisotopic (exact) mass is 517 g/mol. The van der Waals surface area contributed by atoms with E-state index in [0.29, 0.717) is 46.5 Å². The number of nitrogens with one attached hydrogen (secondary N) is 1. The molecule has 3 N–H and O–H groups in total. The number of aryl methyl sites for hydroxylation is 1. The summed E-state index contributed by atoms with van der Waals surface area (Å²) in [5, 5.41) is 11.3. The molecule has 198 valence electrons. The van der Waals surface area contributed by atoms with Crippen LogP contribution in [0.25, 0.3) is 16.9 Å². The molecule has 0 saturated carbocycles. The highest BCUT2D eigenvalue weighted by Crippen LogP contribution is 2.40. The minimum absolute atomic E-state index is 0.322. The first-order valence-electron chi connectivity index (χ1n) is 11.9. The molecule has 0 aliphatic heterocycles. The van der Waals surface area contributed by atoms with Crippen molar-refractivity contribution in [3.8, 4) is 39.9 Å². The summed E-state index contributed by atoms with van der Waals surface area (Å²) >= 11 is 0. The molecule has 1 aromatic heterocycles. The zero-order valence-electron chi connectivity index (χ0n) is 22.0. The summed E-state index contributed by atoms with van der Waals surface area (Å²) in [4.78, 5) is 13.0. The molecule has 10 heteroatoms. The molecule has 1 atom stereocenters. The van der Waals surface area contributed by atoms with Crippen molar-refractivity contribution in [1.82, 2.24) is 15.0 Å². The van der Waals surface area contributed by atoms with Crippen molar-refractivity contribution < 1.29 is 23.7 Å². The van der Waals surface area contributed by atoms with Crippen LogP contribution in [-0.4, -0.2) is 55.4 Å². The number of benzene rings is 3. The van der Waals surface area contributed by atoms with Crippen LogP contribution >= 0.6 is 0 Å². The number of ether oxygens (including phenoxy) is 4. The Morgan fingerprint density at radius 2 is 1.58 bits per heavy atom. The van der Waals surface area contributed by atoms with Crippen LogP contribution in [0.2, 0.25) is 0 Å². The Bertz CT molecular complexity index is 1390. The first-order valence-corrected chi connectivity index (χ1v) is 11.9. The van der Waals surface area contributed by atoms with E-state index in [9.17, 15) is 4.79 Å². The second-order valence-corrected chi connectivity index (χ2v) is 8.62. The second kappa shape index (κ2) is 11.7. The minimum atomic E-state index is -0.738. The Labute approximate surface area is 221 Å². The van der Waals surface area contributed by atoms with Gasteiger partial charge in [0.15, 0.2) is 11.5 Å². The van der Waals surface area contributed by atoms with Gasteiger partial charge in [0.25, 0.3) is 0 Å². The van der Waals surface area contributed by atoms with Crippen molar-refractivity contribution >= 4 is 11.6 Å². The van der Waals surface area contributed by atoms with Gasteiger partial charge in [0.1, 0.15) is 5.75 Å². The van der Waals surface area contributed by atoms with Gasteiger partial charge in [-0.15, -0.1) is 5.10 Å². The van der Waals surface area contributed by atoms with Gasteiger partial charge < -0.3 is 30.0 Å². The smallest absolute Gasteiger partial charge is 0.241 e. The highest BCUT2D eigenvalue weighted by atomic mass is 16.5. The van der Waals surface area contributed by atoms with E-state index in [1.807, 2.05) is 37.3 Å². The van der Waals surface area contributed by atoms with Crippen molar-refractivity contribution in [2.24, 2.45) is 5.73 Å². The molecular weight excluding hydrogens is 486 g/mol. The van der Waals surface area contributed by atoms with Crippen LogP contribution in [0.1, 0.15) is 11.1 Å². The number of nitrogens with two attached hydrogens (primary N) is 1. The van der Waals surface area contributed by atoms with Crippen LogP contribution in [0.4, 0.5) is 5.69 Å². The number of hydrogen-bond donors (Lipinski definition) is 2. The molecule has 1 heterocycles. The fourth-order valence-electron chi connectivity index (χ4n) is 4.07. The van der Waals surface area contributed by atoms with Gasteiger partial charge in [-0.2, -0.15) is 0 Å². The second-order valence-electron chi connectivity index (χ2n) is 8.62. The van der Waals surface area contributed by atoms with Crippen molar-refractivity contribution in [3.63, 3.8) is 0 Å². The number of carbonyl (C=O) groups excluding carboxylic acids is 1. The van der Waals surface area contributed by atoms with Gasteiger partial charge >= 0.3 is 0 Å². The third-order valence-corrected chi connectivity index (χ3v) is 6.11. The van der Waals surface area contributed by atoms with Gasteiger partial charge in [-0.05, 0) is 37.1 Å². The average molecular weight is 518 g/mol. The quantitative estimate of drug-likeness (QED) is 0.326. The predicted molar refractivity (Wildman–Crippen MR) is 144 cm³/mol. The summed E-state index contributed by atoms with van der Waals surface area (Å²) in [5.74, 6) is 1.60. The summed E-state index contributed by atoms with van der Waals surface area (Å²) in [7, 11) is 6.18. The lowest BCUT2D eigenvalue weighted by Gasteiger charge is -2.17. The lowest BCUT2D eigenvalue weighted by Crippen LogP contribution is -2.37. The van der Waals surface area contributed by atoms with Crippen molar-refractivity contribution in [3.05, 3.63) is 71.9 Å². The molecule has 1 amide bonds. The number of nitrogens with zero attached hydrogens (tertiary/aromatic N) is 3. The van der Waals surface area contributed by atoms with E-state index in [1.54, 1.807) is 63.6 Å². The number of aromatic nitrogens is 3. The molecule has 3 aromatic carbocycles. The first kappa shape index (κ1) is 26.5. The predicted octanol–water partition coefficient (Wildman–Crippen LogP) is 3.79. The van der Waals surface area contributed by atoms with Gasteiger partial charge in [0.2, 0.25) is 11.7 Å². The molecule has 0 aliphatic rings. The van der Waals surface area contributed by atoms with Crippen LogP contribution in [0.15, 0.2) is 60.8 Å². The third kappa shape index (κ3) is 5.55. The van der Waals surface area contributed by atoms with Crippen molar-refractivity contribution in [2.45, 2.75) is 19.4 Å². The van der Waals surface area contributed by atoms with E-state index in [4.69, 9.17) is 24.7 Å². The number of amides is 1. The maximum atomic E-state index is 13.0. The Morgan fingerprint density at radius 1 is 0.921 bits per heavy atom. The maximum Gasteiger partial charge on any atom is 0.241 e. The number of anilines is 1. The van der Waals surface area contributed by atoms with Gasteiger partial charge in [0, 0.05) is 17.7 Å². The lowest BCUT2D eigenvalue weighted by atomic mass is 10.0. The van der Waals surface area contributed by atoms with Gasteiger partial charge in [-0.1, -0.05) is 35.0 Å². The molecule has 0 fully saturated rings. The van der Waals surface area contributed by atoms with Crippen molar-refractivity contribution in [2.75, 3.05) is 33.8 Å². The Balaban J connectivity index is 1.64. The summed E-state index contributed by atoms with van der Waals surface area (Å²) in [6.07, 6.45) is 2.03. The van der Waals surface area contributed by atoms with E-state index in [-0.39, 0.29) is 5.91 Å². The summed E-state index contributed by atoms with van der Waals surface area (Å²) in [5.41, 5.74) is 10.9. The van der Waals surface area contributed by atoms with E-state index in [0.717, 1.165) is 16.7 Å². The van der Waals surface area contributed by atoms with Crippen LogP contribution in [-0.2, 0) is 11.2 Å². The Morgan fingerprint density at radius 3 is 2.18 bits per heavy atom. The fourth-order valence-corrected chi connectivity index (χ4v) is 4.07. The molecule has 38 heavy (non-hydrogen) atoms. The summed E-state index contributed by atoms with van der Waals surface area (Å²) < 4.78 is 23.5. The van der Waals surface area contributed by atoms with E-state index in [1.165, 1.54) is 0 Å². The zero-order chi connectivity index (χ0) is 27.2. The maximum absolute atomic E-state index is 13.0. The van der Waals surface area contributed by atoms with Gasteiger partial charge in [0.05, 0.1) is 57.7 Å². The Kier molecular flexibility index (Phi) is 8.12. The minimum Gasteiger partial charge on any atom is -0.495 e. The molecule has 0 aliphatic carbocycles. The van der Waals surface area contributed by atoms with Gasteiger partial charge in [-0.25, -0.2) is 4.68 Å². The van der Waals surface area contributed by atoms with Crippen LogP contribution in [0, 0.1) is 6.92 Å². The molecule has 0 saturated heterocycles. The summed E-state index contributed by atoms with van der Waals surface area (Å²) in [6.45, 7) is 2.01. The number of carbonyl (C=O) groups is 1. The Hall–Kier alpha value is -4.57. The molecule has 0 spiro atoms. The normalized spacial score (nSPS) is 11.5. The largest absolute Gasteiger partial charge is 0.495 e. The fraction of sp³-hybridized carbons (Fsp3) is 0.250. The topological polar surface area (TPSA) is 123 Å². The van der Waals surface area contributed by atoms with E-state index >= 15 is 0 Å². The molecule has 1 unspecified atom stereocenters. The van der Waals surface area contributed by atoms with E-state index in [2.05, 4.69) is 15.6 Å². The highest BCUT2D eigenvalue weighted by molar-refractivity contribution is 5.96. The molecular formula is C28H31N5O5.